The molecule has 16 heavy (non-hydrogen) atoms. The predicted molar refractivity (Wildman–Crippen MR) is 64.7 cm³/mol. The molecule has 0 aliphatic heterocycles. The Hall–Kier alpha value is -1.56. The van der Waals surface area contributed by atoms with E-state index in [-0.39, 0.29) is 18.9 Å². The minimum atomic E-state index is -0.452. The van der Waals surface area contributed by atoms with Crippen LogP contribution in [0.15, 0.2) is 22.7 Å². The van der Waals surface area contributed by atoms with E-state index >= 15 is 0 Å². The van der Waals surface area contributed by atoms with E-state index in [9.17, 15) is 9.59 Å². The highest BCUT2D eigenvalue weighted by Gasteiger charge is 2.09. The quantitative estimate of drug-likeness (QED) is 0.708. The second-order valence-electron chi connectivity index (χ2n) is 3.21. The highest BCUT2D eigenvalue weighted by molar-refractivity contribution is 9.10. The first kappa shape index (κ1) is 12.5. The van der Waals surface area contributed by atoms with E-state index in [1.807, 2.05) is 0 Å². The number of primary amides is 1. The molecule has 0 saturated heterocycles. The molecule has 5 N–H and O–H groups in total. The van der Waals surface area contributed by atoms with E-state index in [0.29, 0.717) is 15.7 Å². The Bertz CT molecular complexity index is 421. The van der Waals surface area contributed by atoms with Crippen LogP contribution in [0.25, 0.3) is 0 Å². The zero-order valence-electron chi connectivity index (χ0n) is 8.50. The fourth-order valence-corrected chi connectivity index (χ4v) is 1.54. The van der Waals surface area contributed by atoms with Crippen LogP contribution in [0.2, 0.25) is 0 Å². The number of benzene rings is 1. The van der Waals surface area contributed by atoms with E-state index in [2.05, 4.69) is 21.2 Å². The van der Waals surface area contributed by atoms with Gasteiger partial charge in [-0.2, -0.15) is 0 Å². The van der Waals surface area contributed by atoms with Crippen molar-refractivity contribution in [1.29, 1.82) is 0 Å². The van der Waals surface area contributed by atoms with Gasteiger partial charge in [0.05, 0.1) is 5.56 Å². The molecule has 0 spiro atoms. The number of nitrogens with two attached hydrogens (primary N) is 2. The number of hydrogen-bond donors (Lipinski definition) is 3. The van der Waals surface area contributed by atoms with Gasteiger partial charge in [-0.15, -0.1) is 0 Å². The third kappa shape index (κ3) is 3.54. The van der Waals surface area contributed by atoms with Gasteiger partial charge in [-0.3, -0.25) is 9.59 Å². The molecular weight excluding hydrogens is 274 g/mol. The van der Waals surface area contributed by atoms with Crippen LogP contribution in [-0.2, 0) is 4.79 Å². The lowest BCUT2D eigenvalue weighted by Crippen LogP contribution is -2.28. The standard InChI is InChI=1S/C10H12BrN3O2/c11-8-2-1-6(12)5-7(8)10(16)14-4-3-9(13)15/h1-2,5H,3-4,12H2,(H2,13,15)(H,14,16). The molecule has 0 aliphatic rings. The Kier molecular flexibility index (Phi) is 4.30. The van der Waals surface area contributed by atoms with Crippen LogP contribution in [0, 0.1) is 0 Å². The van der Waals surface area contributed by atoms with Gasteiger partial charge in [-0.1, -0.05) is 0 Å². The van der Waals surface area contributed by atoms with Gasteiger partial charge in [-0.05, 0) is 34.1 Å². The Morgan fingerprint density at radius 1 is 1.38 bits per heavy atom. The monoisotopic (exact) mass is 285 g/mol. The number of nitrogen functional groups attached to an aromatic ring is 1. The Balaban J connectivity index is 2.65. The normalized spacial score (nSPS) is 9.81. The average Bonchev–Trinajstić information content (AvgIpc) is 2.21. The largest absolute Gasteiger partial charge is 0.399 e. The van der Waals surface area contributed by atoms with Gasteiger partial charge in [0.1, 0.15) is 0 Å². The zero-order chi connectivity index (χ0) is 12.1. The summed E-state index contributed by atoms with van der Waals surface area (Å²) < 4.78 is 0.651. The Labute approximate surface area is 101 Å². The van der Waals surface area contributed by atoms with Crippen molar-refractivity contribution >= 4 is 33.4 Å². The van der Waals surface area contributed by atoms with Crippen LogP contribution in [0.5, 0.6) is 0 Å². The fraction of sp³-hybridized carbons (Fsp3) is 0.200. The molecule has 6 heteroatoms. The molecule has 86 valence electrons. The van der Waals surface area contributed by atoms with Gasteiger partial charge in [0.15, 0.2) is 0 Å². The van der Waals surface area contributed by atoms with E-state index in [1.54, 1.807) is 18.2 Å². The smallest absolute Gasteiger partial charge is 0.252 e. The van der Waals surface area contributed by atoms with E-state index in [0.717, 1.165) is 0 Å². The van der Waals surface area contributed by atoms with Gasteiger partial charge in [0, 0.05) is 23.1 Å². The summed E-state index contributed by atoms with van der Waals surface area (Å²) in [7, 11) is 0. The fourth-order valence-electron chi connectivity index (χ4n) is 1.11. The number of amides is 2. The molecule has 0 aliphatic carbocycles. The van der Waals surface area contributed by atoms with E-state index in [4.69, 9.17) is 11.5 Å². The van der Waals surface area contributed by atoms with Gasteiger partial charge >= 0.3 is 0 Å². The number of rotatable bonds is 4. The lowest BCUT2D eigenvalue weighted by molar-refractivity contribution is -0.117. The second kappa shape index (κ2) is 5.50. The van der Waals surface area contributed by atoms with Crippen LogP contribution in [0.3, 0.4) is 0 Å². The first-order chi connectivity index (χ1) is 7.50. The first-order valence-corrected chi connectivity index (χ1v) is 5.41. The topological polar surface area (TPSA) is 98.2 Å². The summed E-state index contributed by atoms with van der Waals surface area (Å²) in [5.74, 6) is -0.743. The average molecular weight is 286 g/mol. The predicted octanol–water partition coefficient (Wildman–Crippen LogP) is 0.636. The summed E-state index contributed by atoms with van der Waals surface area (Å²) in [6.45, 7) is 0.218. The molecule has 1 aromatic carbocycles. The Morgan fingerprint density at radius 3 is 2.69 bits per heavy atom. The molecule has 0 bridgehead atoms. The van der Waals surface area contributed by atoms with E-state index < -0.39 is 5.91 Å². The molecule has 2 amide bonds. The van der Waals surface area contributed by atoms with Crippen molar-refractivity contribution in [2.75, 3.05) is 12.3 Å². The third-order valence-corrected chi connectivity index (χ3v) is 2.58. The van der Waals surface area contributed by atoms with Crippen LogP contribution in [0.1, 0.15) is 16.8 Å². The SMILES string of the molecule is NC(=O)CCNC(=O)c1cc(N)ccc1Br. The van der Waals surface area contributed by atoms with Gasteiger partial charge in [0.25, 0.3) is 5.91 Å². The van der Waals surface area contributed by atoms with Crippen LogP contribution in [0.4, 0.5) is 5.69 Å². The molecule has 0 atom stereocenters. The van der Waals surface area contributed by atoms with Crippen LogP contribution >= 0.6 is 15.9 Å². The highest BCUT2D eigenvalue weighted by Crippen LogP contribution is 2.19. The number of anilines is 1. The van der Waals surface area contributed by atoms with Crippen molar-refractivity contribution in [2.45, 2.75) is 6.42 Å². The summed E-state index contributed by atoms with van der Waals surface area (Å²) in [6, 6.07) is 4.94. The van der Waals surface area contributed by atoms with Crippen molar-refractivity contribution in [1.82, 2.24) is 5.32 Å². The lowest BCUT2D eigenvalue weighted by atomic mass is 10.2. The zero-order valence-corrected chi connectivity index (χ0v) is 10.1. The first-order valence-electron chi connectivity index (χ1n) is 4.62. The lowest BCUT2D eigenvalue weighted by Gasteiger charge is -2.06. The maximum atomic E-state index is 11.7. The molecule has 0 fully saturated rings. The van der Waals surface area contributed by atoms with Crippen molar-refractivity contribution in [3.8, 4) is 0 Å². The van der Waals surface area contributed by atoms with Crippen molar-refractivity contribution in [2.24, 2.45) is 5.73 Å². The van der Waals surface area contributed by atoms with Gasteiger partial charge in [-0.25, -0.2) is 0 Å². The Morgan fingerprint density at radius 2 is 2.06 bits per heavy atom. The summed E-state index contributed by atoms with van der Waals surface area (Å²) in [4.78, 5) is 22.1. The second-order valence-corrected chi connectivity index (χ2v) is 4.07. The molecule has 0 saturated carbocycles. The van der Waals surface area contributed by atoms with Crippen molar-refractivity contribution in [3.63, 3.8) is 0 Å². The summed E-state index contributed by atoms with van der Waals surface area (Å²) in [5, 5.41) is 2.57. The number of carbonyl (C=O) groups is 2. The molecule has 5 nitrogen and oxygen atoms in total. The molecule has 1 aromatic rings. The molecule has 0 heterocycles. The van der Waals surface area contributed by atoms with E-state index in [1.165, 1.54) is 0 Å². The highest BCUT2D eigenvalue weighted by atomic mass is 79.9. The van der Waals surface area contributed by atoms with Crippen molar-refractivity contribution < 1.29 is 9.59 Å². The minimum Gasteiger partial charge on any atom is -0.399 e. The summed E-state index contributed by atoms with van der Waals surface area (Å²) in [6.07, 6.45) is 0.117. The molecular formula is C10H12BrN3O2. The van der Waals surface area contributed by atoms with Gasteiger partial charge in [0.2, 0.25) is 5.91 Å². The van der Waals surface area contributed by atoms with Crippen LogP contribution < -0.4 is 16.8 Å². The molecule has 0 radical (unpaired) electrons. The number of nitrogens with one attached hydrogen (secondary N) is 1. The number of carbonyl (C=O) groups excluding carboxylic acids is 2. The maximum Gasteiger partial charge on any atom is 0.252 e. The van der Waals surface area contributed by atoms with Crippen LogP contribution in [-0.4, -0.2) is 18.4 Å². The number of halogens is 1. The molecule has 1 rings (SSSR count). The molecule has 0 unspecified atom stereocenters. The van der Waals surface area contributed by atoms with Crippen molar-refractivity contribution in [3.05, 3.63) is 28.2 Å². The third-order valence-electron chi connectivity index (χ3n) is 1.89. The summed E-state index contributed by atoms with van der Waals surface area (Å²) in [5.41, 5.74) is 11.5. The summed E-state index contributed by atoms with van der Waals surface area (Å²) >= 11 is 3.24. The maximum absolute atomic E-state index is 11.7. The minimum absolute atomic E-state index is 0.117. The molecule has 0 aromatic heterocycles. The van der Waals surface area contributed by atoms with Gasteiger partial charge < -0.3 is 16.8 Å². The number of hydrogen-bond acceptors (Lipinski definition) is 3.